The third kappa shape index (κ3) is 9.76. The summed E-state index contributed by atoms with van der Waals surface area (Å²) in [6.07, 6.45) is 1.61. The van der Waals surface area contributed by atoms with E-state index in [-0.39, 0.29) is 34.8 Å². The van der Waals surface area contributed by atoms with Crippen molar-refractivity contribution >= 4 is 35.1 Å². The second kappa shape index (κ2) is 13.4. The molecule has 1 atom stereocenters. The molecule has 1 N–H and O–H groups in total. The zero-order valence-corrected chi connectivity index (χ0v) is 24.2. The van der Waals surface area contributed by atoms with Crippen LogP contribution in [0.25, 0.3) is 0 Å². The summed E-state index contributed by atoms with van der Waals surface area (Å²) in [6, 6.07) is 16.3. The quantitative estimate of drug-likeness (QED) is 0.327. The number of halogens is 2. The number of quaternary nitrogens is 1. The largest absolute Gasteiger partial charge is 1.00 e. The van der Waals surface area contributed by atoms with E-state index in [0.717, 1.165) is 42.6 Å². The second-order valence-corrected chi connectivity index (χ2v) is 11.0. The fourth-order valence-corrected chi connectivity index (χ4v) is 4.89. The van der Waals surface area contributed by atoms with Gasteiger partial charge in [0.15, 0.2) is 6.10 Å². The number of esters is 1. The number of hydrogen-bond donors (Lipinski definition) is 1. The highest BCUT2D eigenvalue weighted by molar-refractivity contribution is 6.30. The third-order valence-corrected chi connectivity index (χ3v) is 6.68. The molecule has 0 aromatic heterocycles. The van der Waals surface area contributed by atoms with Gasteiger partial charge >= 0.3 is 12.1 Å². The van der Waals surface area contributed by atoms with Crippen LogP contribution < -0.4 is 22.3 Å². The summed E-state index contributed by atoms with van der Waals surface area (Å²) in [7, 11) is 0. The van der Waals surface area contributed by atoms with Crippen molar-refractivity contribution in [3.63, 3.8) is 0 Å². The van der Waals surface area contributed by atoms with Crippen LogP contribution in [0.5, 0.6) is 0 Å². The number of carbonyl (C=O) groups excluding carboxylic acids is 3. The molecule has 0 saturated carbocycles. The summed E-state index contributed by atoms with van der Waals surface area (Å²) < 4.78 is 11.3. The Kier molecular flexibility index (Phi) is 11.2. The lowest BCUT2D eigenvalue weighted by Crippen LogP contribution is -3.00. The molecule has 3 saturated heterocycles. The van der Waals surface area contributed by atoms with E-state index >= 15 is 0 Å². The van der Waals surface area contributed by atoms with E-state index < -0.39 is 11.7 Å². The van der Waals surface area contributed by atoms with Gasteiger partial charge in [-0.05, 0) is 57.2 Å². The molecule has 2 aromatic carbocycles. The van der Waals surface area contributed by atoms with Gasteiger partial charge in [0.1, 0.15) is 18.7 Å². The standard InChI is InChI=1S/C17H21ClNO3.C11H15NO2.BrH/c1-12(20)22-17-11-19(8-6-14(17)7-9-19)10-16(21)13-2-4-15(18)5-3-13;1-11(2,3)14-10(13)12-9-7-5-4-6-8-9;/h2-5,14,17H,6-11H2,1H3;4-8H,1-3H3,(H,12,13);1H/q+1;;/p-1/t14?,17-,19?;;/m0../s1. The first-order chi connectivity index (χ1) is 16.9. The normalized spacial score (nSPS) is 22.0. The Hall–Kier alpha value is -2.42. The summed E-state index contributed by atoms with van der Waals surface area (Å²) >= 11 is 5.87. The van der Waals surface area contributed by atoms with Crippen LogP contribution in [0.1, 0.15) is 50.9 Å². The van der Waals surface area contributed by atoms with Gasteiger partial charge in [-0.15, -0.1) is 0 Å². The Labute approximate surface area is 234 Å². The van der Waals surface area contributed by atoms with Crippen molar-refractivity contribution in [2.75, 3.05) is 31.5 Å². The first-order valence-electron chi connectivity index (χ1n) is 12.3. The number of nitrogens with zero attached hydrogens (tertiary/aromatic N) is 1. The van der Waals surface area contributed by atoms with Crippen LogP contribution in [0.4, 0.5) is 10.5 Å². The Bertz CT molecular complexity index is 1050. The van der Waals surface area contributed by atoms with E-state index in [1.807, 2.05) is 51.1 Å². The first kappa shape index (κ1) is 30.8. The number of rotatable bonds is 5. The van der Waals surface area contributed by atoms with Gasteiger partial charge in [0.25, 0.3) is 0 Å². The zero-order valence-electron chi connectivity index (χ0n) is 21.8. The van der Waals surface area contributed by atoms with Gasteiger partial charge in [0.2, 0.25) is 5.78 Å². The number of piperidine rings is 3. The van der Waals surface area contributed by atoms with Crippen LogP contribution in [0.2, 0.25) is 5.02 Å². The number of nitrogens with one attached hydrogen (secondary N) is 1. The molecule has 0 spiro atoms. The van der Waals surface area contributed by atoms with Gasteiger partial charge in [-0.3, -0.25) is 14.9 Å². The lowest BCUT2D eigenvalue weighted by molar-refractivity contribution is -0.938. The Morgan fingerprint density at radius 3 is 2.14 bits per heavy atom. The van der Waals surface area contributed by atoms with Crippen molar-refractivity contribution in [3.05, 3.63) is 65.2 Å². The molecular weight excluding hydrogens is 560 g/mol. The average Bonchev–Trinajstić information content (AvgIpc) is 2.79. The average molecular weight is 596 g/mol. The Morgan fingerprint density at radius 1 is 1.00 bits per heavy atom. The van der Waals surface area contributed by atoms with Gasteiger partial charge in [-0.2, -0.15) is 0 Å². The minimum absolute atomic E-state index is 0. The van der Waals surface area contributed by atoms with Gasteiger partial charge in [-0.1, -0.05) is 29.8 Å². The van der Waals surface area contributed by atoms with Crippen LogP contribution in [-0.2, 0) is 14.3 Å². The number of Topliss-reactive ketones (excluding diaryl/α,β-unsaturated/α-hetero) is 1. The van der Waals surface area contributed by atoms with E-state index in [1.54, 1.807) is 24.3 Å². The zero-order chi connectivity index (χ0) is 26.3. The van der Waals surface area contributed by atoms with Crippen LogP contribution >= 0.6 is 11.6 Å². The van der Waals surface area contributed by atoms with Crippen molar-refractivity contribution in [1.82, 2.24) is 0 Å². The molecule has 1 amide bonds. The van der Waals surface area contributed by atoms with Gasteiger partial charge in [0.05, 0.1) is 13.1 Å². The molecule has 3 heterocycles. The molecule has 2 aromatic rings. The number of hydrogen-bond acceptors (Lipinski definition) is 5. The maximum atomic E-state index is 12.6. The van der Waals surface area contributed by atoms with E-state index in [4.69, 9.17) is 21.1 Å². The molecule has 7 nitrogen and oxygen atoms in total. The lowest BCUT2D eigenvalue weighted by atomic mass is 9.83. The van der Waals surface area contributed by atoms with E-state index in [1.165, 1.54) is 6.92 Å². The predicted molar refractivity (Wildman–Crippen MR) is 140 cm³/mol. The van der Waals surface area contributed by atoms with Gasteiger partial charge in [-0.25, -0.2) is 4.79 Å². The number of carbonyl (C=O) groups is 3. The number of ether oxygens (including phenoxy) is 2. The van der Waals surface area contributed by atoms with Crippen molar-refractivity contribution < 1.29 is 45.3 Å². The summed E-state index contributed by atoms with van der Waals surface area (Å²) in [6.45, 7) is 10.2. The minimum Gasteiger partial charge on any atom is -1.00 e. The first-order valence-corrected chi connectivity index (χ1v) is 12.7. The Balaban J connectivity index is 0.000000280. The van der Waals surface area contributed by atoms with E-state index in [9.17, 15) is 14.4 Å². The van der Waals surface area contributed by atoms with E-state index in [0.29, 0.717) is 23.0 Å². The number of ketones is 1. The maximum absolute atomic E-state index is 12.6. The summed E-state index contributed by atoms with van der Waals surface area (Å²) in [5.41, 5.74) is 0.981. The van der Waals surface area contributed by atoms with Gasteiger partial charge < -0.3 is 30.9 Å². The highest BCUT2D eigenvalue weighted by Crippen LogP contribution is 2.35. The van der Waals surface area contributed by atoms with Crippen LogP contribution in [0.15, 0.2) is 54.6 Å². The minimum atomic E-state index is -0.459. The molecule has 0 aliphatic carbocycles. The molecule has 0 unspecified atom stereocenters. The topological polar surface area (TPSA) is 81.7 Å². The molecule has 3 fully saturated rings. The second-order valence-electron chi connectivity index (χ2n) is 10.5. The fraction of sp³-hybridized carbons (Fsp3) is 0.464. The van der Waals surface area contributed by atoms with Crippen LogP contribution in [-0.4, -0.2) is 60.2 Å². The molecule has 202 valence electrons. The van der Waals surface area contributed by atoms with Crippen molar-refractivity contribution in [2.24, 2.45) is 5.92 Å². The van der Waals surface area contributed by atoms with Crippen molar-refractivity contribution in [1.29, 1.82) is 0 Å². The van der Waals surface area contributed by atoms with Crippen molar-refractivity contribution in [3.8, 4) is 0 Å². The SMILES string of the molecule is CC(=O)O[C@H]1C[N+]2(CC(=O)c3ccc(Cl)cc3)CCC1CC2.CC(C)(C)OC(=O)Nc1ccccc1.[Br-]. The van der Waals surface area contributed by atoms with Crippen molar-refractivity contribution in [2.45, 2.75) is 52.2 Å². The smallest absolute Gasteiger partial charge is 0.412 e. The summed E-state index contributed by atoms with van der Waals surface area (Å²) in [5, 5.41) is 3.27. The molecule has 37 heavy (non-hydrogen) atoms. The van der Waals surface area contributed by atoms with Crippen LogP contribution in [0, 0.1) is 5.92 Å². The van der Waals surface area contributed by atoms with Crippen LogP contribution in [0.3, 0.4) is 0 Å². The highest BCUT2D eigenvalue weighted by Gasteiger charge is 2.48. The highest BCUT2D eigenvalue weighted by atomic mass is 79.9. The summed E-state index contributed by atoms with van der Waals surface area (Å²) in [5.74, 6) is 0.383. The number of amides is 1. The monoisotopic (exact) mass is 594 g/mol. The molecule has 2 bridgehead atoms. The Morgan fingerprint density at radius 2 is 1.59 bits per heavy atom. The van der Waals surface area contributed by atoms with E-state index in [2.05, 4.69) is 5.32 Å². The molecule has 3 aliphatic rings. The molecule has 3 aliphatic heterocycles. The number of fused-ring (bicyclic) bond motifs is 3. The lowest BCUT2D eigenvalue weighted by Gasteiger charge is -2.51. The predicted octanol–water partition coefficient (Wildman–Crippen LogP) is 2.73. The molecule has 5 rings (SSSR count). The number of benzene rings is 2. The maximum Gasteiger partial charge on any atom is 0.412 e. The third-order valence-electron chi connectivity index (χ3n) is 6.42. The van der Waals surface area contributed by atoms with Gasteiger partial charge in [0, 0.05) is 42.0 Å². The molecule has 0 radical (unpaired) electrons. The number of anilines is 1. The molecule has 9 heteroatoms. The number of para-hydroxylation sites is 1. The fourth-order valence-electron chi connectivity index (χ4n) is 4.76. The molecular formula is C28H36BrClN2O5. The summed E-state index contributed by atoms with van der Waals surface area (Å²) in [4.78, 5) is 35.1.